The van der Waals surface area contributed by atoms with Crippen molar-refractivity contribution in [3.8, 4) is 5.13 Å². The summed E-state index contributed by atoms with van der Waals surface area (Å²) in [7, 11) is 0. The van der Waals surface area contributed by atoms with Crippen LogP contribution in [0.4, 0.5) is 5.82 Å². The van der Waals surface area contributed by atoms with Crippen LogP contribution < -0.4 is 5.73 Å². The molecule has 92 valence electrons. The fourth-order valence-electron chi connectivity index (χ4n) is 1.99. The Morgan fingerprint density at radius 3 is 2.78 bits per heavy atom. The zero-order valence-corrected chi connectivity index (χ0v) is 11.2. The van der Waals surface area contributed by atoms with Crippen molar-refractivity contribution in [2.24, 2.45) is 0 Å². The average molecular weight is 258 g/mol. The van der Waals surface area contributed by atoms with E-state index in [2.05, 4.69) is 23.1 Å². The molecule has 0 spiro atoms. The van der Waals surface area contributed by atoms with Crippen LogP contribution in [0.15, 0.2) is 24.3 Å². The molecule has 4 nitrogen and oxygen atoms in total. The first-order valence-corrected chi connectivity index (χ1v) is 6.72. The number of aromatic nitrogens is 3. The number of hydrogen-bond donors (Lipinski definition) is 1. The second-order valence-electron chi connectivity index (χ2n) is 4.19. The van der Waals surface area contributed by atoms with E-state index in [-0.39, 0.29) is 0 Å². The maximum absolute atomic E-state index is 6.10. The van der Waals surface area contributed by atoms with Crippen LogP contribution in [0.5, 0.6) is 0 Å². The van der Waals surface area contributed by atoms with Gasteiger partial charge in [-0.25, -0.2) is 4.98 Å². The van der Waals surface area contributed by atoms with Crippen LogP contribution in [0.1, 0.15) is 18.2 Å². The number of rotatable bonds is 2. The number of benzene rings is 1. The van der Waals surface area contributed by atoms with Crippen molar-refractivity contribution < 1.29 is 0 Å². The molecule has 3 aromatic rings. The maximum atomic E-state index is 6.10. The first kappa shape index (κ1) is 11.2. The lowest BCUT2D eigenvalue weighted by molar-refractivity contribution is 0.843. The van der Waals surface area contributed by atoms with E-state index in [1.54, 1.807) is 16.0 Å². The van der Waals surface area contributed by atoms with Crippen molar-refractivity contribution in [2.75, 3.05) is 5.73 Å². The van der Waals surface area contributed by atoms with Crippen molar-refractivity contribution in [1.29, 1.82) is 0 Å². The summed E-state index contributed by atoms with van der Waals surface area (Å²) in [5.74, 6) is 0.686. The van der Waals surface area contributed by atoms with E-state index in [9.17, 15) is 0 Å². The molecule has 18 heavy (non-hydrogen) atoms. The van der Waals surface area contributed by atoms with E-state index in [1.807, 2.05) is 25.1 Å². The van der Waals surface area contributed by atoms with Crippen LogP contribution in [-0.4, -0.2) is 14.8 Å². The molecule has 2 aromatic heterocycles. The Morgan fingerprint density at radius 1 is 1.33 bits per heavy atom. The van der Waals surface area contributed by atoms with Crippen molar-refractivity contribution in [2.45, 2.75) is 20.3 Å². The van der Waals surface area contributed by atoms with E-state index in [1.165, 1.54) is 0 Å². The summed E-state index contributed by atoms with van der Waals surface area (Å²) >= 11 is 1.61. The number of nitrogen functional groups attached to an aromatic ring is 1. The van der Waals surface area contributed by atoms with E-state index in [4.69, 9.17) is 5.73 Å². The summed E-state index contributed by atoms with van der Waals surface area (Å²) in [5.41, 5.74) is 9.18. The molecule has 0 unspecified atom stereocenters. The van der Waals surface area contributed by atoms with Crippen molar-refractivity contribution in [3.05, 3.63) is 35.5 Å². The Labute approximate surface area is 109 Å². The van der Waals surface area contributed by atoms with Crippen LogP contribution in [0.3, 0.4) is 0 Å². The van der Waals surface area contributed by atoms with Gasteiger partial charge in [0.05, 0.1) is 15.9 Å². The highest BCUT2D eigenvalue weighted by Crippen LogP contribution is 2.27. The smallest absolute Gasteiger partial charge is 0.213 e. The van der Waals surface area contributed by atoms with E-state index in [0.717, 1.165) is 33.0 Å². The summed E-state index contributed by atoms with van der Waals surface area (Å²) in [5, 5.41) is 5.36. The van der Waals surface area contributed by atoms with Crippen LogP contribution in [0.2, 0.25) is 0 Å². The molecule has 1 aromatic carbocycles. The maximum Gasteiger partial charge on any atom is 0.213 e. The zero-order valence-electron chi connectivity index (χ0n) is 10.3. The molecular formula is C13H14N4S. The number of fused-ring (bicyclic) bond motifs is 1. The van der Waals surface area contributed by atoms with Gasteiger partial charge in [0.25, 0.3) is 0 Å². The lowest BCUT2D eigenvalue weighted by Crippen LogP contribution is -2.01. The third-order valence-electron chi connectivity index (χ3n) is 3.06. The number of aryl methyl sites for hydroxylation is 1. The lowest BCUT2D eigenvalue weighted by atomic mass is 10.2. The Morgan fingerprint density at radius 2 is 2.11 bits per heavy atom. The van der Waals surface area contributed by atoms with E-state index in [0.29, 0.717) is 5.82 Å². The summed E-state index contributed by atoms with van der Waals surface area (Å²) < 4.78 is 2.90. The van der Waals surface area contributed by atoms with Gasteiger partial charge < -0.3 is 5.73 Å². The zero-order chi connectivity index (χ0) is 12.7. The van der Waals surface area contributed by atoms with Gasteiger partial charge in [0.1, 0.15) is 5.82 Å². The minimum Gasteiger partial charge on any atom is -0.383 e. The van der Waals surface area contributed by atoms with Crippen molar-refractivity contribution in [3.63, 3.8) is 0 Å². The number of nitrogens with two attached hydrogens (primary N) is 1. The molecule has 0 saturated carbocycles. The highest BCUT2D eigenvalue weighted by atomic mass is 32.1. The predicted octanol–water partition coefficient (Wildman–Crippen LogP) is 2.94. The third kappa shape index (κ3) is 1.59. The van der Waals surface area contributed by atoms with Crippen LogP contribution >= 0.6 is 11.3 Å². The monoisotopic (exact) mass is 258 g/mol. The number of nitrogens with zero attached hydrogens (tertiary/aromatic N) is 3. The molecule has 2 heterocycles. The van der Waals surface area contributed by atoms with Gasteiger partial charge in [0.15, 0.2) is 0 Å². The van der Waals surface area contributed by atoms with Gasteiger partial charge in [-0.2, -0.15) is 9.78 Å². The lowest BCUT2D eigenvalue weighted by Gasteiger charge is -1.97. The Hall–Kier alpha value is -1.88. The fraction of sp³-hybridized carbons (Fsp3) is 0.231. The molecule has 0 aliphatic rings. The van der Waals surface area contributed by atoms with Crippen LogP contribution in [0, 0.1) is 6.92 Å². The molecule has 5 heteroatoms. The molecule has 0 saturated heterocycles. The van der Waals surface area contributed by atoms with Gasteiger partial charge >= 0.3 is 0 Å². The quantitative estimate of drug-likeness (QED) is 0.769. The Balaban J connectivity index is 2.19. The van der Waals surface area contributed by atoms with Crippen molar-refractivity contribution in [1.82, 2.24) is 14.8 Å². The number of thiazole rings is 1. The molecule has 3 rings (SSSR count). The summed E-state index contributed by atoms with van der Waals surface area (Å²) in [6.07, 6.45) is 0.883. The average Bonchev–Trinajstić information content (AvgIpc) is 2.92. The molecular weight excluding hydrogens is 244 g/mol. The van der Waals surface area contributed by atoms with Gasteiger partial charge in [-0.05, 0) is 25.5 Å². The first-order chi connectivity index (χ1) is 8.70. The summed E-state index contributed by atoms with van der Waals surface area (Å²) in [6, 6.07) is 8.06. The van der Waals surface area contributed by atoms with E-state index < -0.39 is 0 Å². The van der Waals surface area contributed by atoms with Gasteiger partial charge in [0, 0.05) is 5.56 Å². The molecule has 2 N–H and O–H groups in total. The highest BCUT2D eigenvalue weighted by molar-refractivity contribution is 7.20. The largest absolute Gasteiger partial charge is 0.383 e. The predicted molar refractivity (Wildman–Crippen MR) is 75.3 cm³/mol. The molecule has 0 aliphatic carbocycles. The topological polar surface area (TPSA) is 56.7 Å². The minimum absolute atomic E-state index is 0.686. The van der Waals surface area contributed by atoms with Gasteiger partial charge in [0.2, 0.25) is 5.13 Å². The SMILES string of the molecule is CCc1nn(-c2nc3ccccc3s2)c(N)c1C. The van der Waals surface area contributed by atoms with Gasteiger partial charge in [-0.15, -0.1) is 0 Å². The highest BCUT2D eigenvalue weighted by Gasteiger charge is 2.14. The minimum atomic E-state index is 0.686. The van der Waals surface area contributed by atoms with Gasteiger partial charge in [-0.1, -0.05) is 30.4 Å². The van der Waals surface area contributed by atoms with Crippen LogP contribution in [-0.2, 0) is 6.42 Å². The number of anilines is 1. The fourth-order valence-corrected chi connectivity index (χ4v) is 2.92. The second-order valence-corrected chi connectivity index (χ2v) is 5.20. The first-order valence-electron chi connectivity index (χ1n) is 5.90. The third-order valence-corrected chi connectivity index (χ3v) is 4.08. The molecule has 0 radical (unpaired) electrons. The molecule has 0 aliphatic heterocycles. The van der Waals surface area contributed by atoms with Gasteiger partial charge in [-0.3, -0.25) is 0 Å². The normalized spacial score (nSPS) is 11.2. The standard InChI is InChI=1S/C13H14N4S/c1-3-9-8(2)12(14)17(16-9)13-15-10-6-4-5-7-11(10)18-13/h4-7H,3,14H2,1-2H3. The van der Waals surface area contributed by atoms with E-state index >= 15 is 0 Å². The summed E-state index contributed by atoms with van der Waals surface area (Å²) in [4.78, 5) is 4.57. The molecule has 0 atom stereocenters. The summed E-state index contributed by atoms with van der Waals surface area (Å²) in [6.45, 7) is 4.09. The molecule has 0 fully saturated rings. The van der Waals surface area contributed by atoms with Crippen LogP contribution in [0.25, 0.3) is 15.3 Å². The Kier molecular flexibility index (Phi) is 2.56. The molecule has 0 bridgehead atoms. The molecule has 0 amide bonds. The van der Waals surface area contributed by atoms with Crippen molar-refractivity contribution >= 4 is 27.4 Å². The Bertz CT molecular complexity index is 678. The number of para-hydroxylation sites is 1. The number of hydrogen-bond acceptors (Lipinski definition) is 4. The second kappa shape index (κ2) is 4.10.